The Bertz CT molecular complexity index is 1550. The van der Waals surface area contributed by atoms with Gasteiger partial charge in [0.15, 0.2) is 0 Å². The van der Waals surface area contributed by atoms with Crippen LogP contribution in [0.25, 0.3) is 5.69 Å². The SMILES string of the molecule is COCCOC(=O)C1=C(C)NC(C)=C(C(=O)OC(C)C)C1c1cccc(-n2c(N)c3c(cc2=O)C(=O)NC3=O)c1. The van der Waals surface area contributed by atoms with Crippen LogP contribution in [0.1, 0.15) is 59.9 Å². The number of fused-ring (bicyclic) bond motifs is 1. The average Bonchev–Trinajstić information content (AvgIpc) is 3.16. The number of benzene rings is 1. The Kier molecular flexibility index (Phi) is 7.91. The molecule has 0 saturated heterocycles. The summed E-state index contributed by atoms with van der Waals surface area (Å²) in [6, 6.07) is 7.53. The standard InChI is InChI=1S/C28H30N4O8/c1-13(2)40-28(37)21-15(4)30-14(3)20(27(36)39-10-9-38-5)22(21)16-7-6-8-17(11-16)32-19(33)12-18-23(24(32)29)26(35)31-25(18)34/h6-8,11-13,22,30H,9-10,29H2,1-5H3,(H,31,34,35). The summed E-state index contributed by atoms with van der Waals surface area (Å²) in [6.07, 6.45) is -0.428. The predicted molar refractivity (Wildman–Crippen MR) is 144 cm³/mol. The second-order valence-corrected chi connectivity index (χ2v) is 9.59. The number of amides is 2. The summed E-state index contributed by atoms with van der Waals surface area (Å²) in [7, 11) is 1.48. The molecule has 0 spiro atoms. The van der Waals surface area contributed by atoms with Crippen molar-refractivity contribution >= 4 is 29.6 Å². The number of methoxy groups -OCH3 is 1. The van der Waals surface area contributed by atoms with E-state index in [1.807, 2.05) is 0 Å². The molecule has 40 heavy (non-hydrogen) atoms. The highest BCUT2D eigenvalue weighted by Gasteiger charge is 2.39. The second-order valence-electron chi connectivity index (χ2n) is 9.59. The zero-order chi connectivity index (χ0) is 29.3. The lowest BCUT2D eigenvalue weighted by molar-refractivity contribution is -0.143. The third kappa shape index (κ3) is 5.13. The number of pyridine rings is 1. The van der Waals surface area contributed by atoms with Gasteiger partial charge in [-0.25, -0.2) is 9.59 Å². The molecule has 1 aromatic carbocycles. The lowest BCUT2D eigenvalue weighted by Crippen LogP contribution is -2.33. The van der Waals surface area contributed by atoms with E-state index in [1.165, 1.54) is 7.11 Å². The van der Waals surface area contributed by atoms with Gasteiger partial charge in [0.1, 0.15) is 12.4 Å². The summed E-state index contributed by atoms with van der Waals surface area (Å²) in [5.74, 6) is -3.86. The van der Waals surface area contributed by atoms with Crippen molar-refractivity contribution in [3.05, 3.63) is 79.9 Å². The van der Waals surface area contributed by atoms with E-state index in [9.17, 15) is 24.0 Å². The van der Waals surface area contributed by atoms with Crippen molar-refractivity contribution in [3.63, 3.8) is 0 Å². The largest absolute Gasteiger partial charge is 0.460 e. The van der Waals surface area contributed by atoms with Crippen LogP contribution in [0.5, 0.6) is 0 Å². The summed E-state index contributed by atoms with van der Waals surface area (Å²) < 4.78 is 17.0. The van der Waals surface area contributed by atoms with E-state index in [-0.39, 0.29) is 47.0 Å². The first-order chi connectivity index (χ1) is 19.0. The Morgan fingerprint density at radius 2 is 1.65 bits per heavy atom. The molecule has 4 rings (SSSR count). The zero-order valence-electron chi connectivity index (χ0n) is 22.7. The maximum absolute atomic E-state index is 13.3. The number of nitrogens with zero attached hydrogens (tertiary/aromatic N) is 1. The zero-order valence-corrected chi connectivity index (χ0v) is 22.7. The summed E-state index contributed by atoms with van der Waals surface area (Å²) in [6.45, 7) is 6.99. The molecule has 12 heteroatoms. The van der Waals surface area contributed by atoms with Gasteiger partial charge in [0.05, 0.1) is 46.6 Å². The van der Waals surface area contributed by atoms with Crippen LogP contribution in [-0.4, -0.2) is 54.7 Å². The predicted octanol–water partition coefficient (Wildman–Crippen LogP) is 1.68. The molecular weight excluding hydrogens is 520 g/mol. The van der Waals surface area contributed by atoms with Gasteiger partial charge in [0.25, 0.3) is 17.4 Å². The Hall–Kier alpha value is -4.71. The summed E-state index contributed by atoms with van der Waals surface area (Å²) in [5.41, 5.74) is 7.42. The number of nitrogens with two attached hydrogens (primary N) is 1. The fourth-order valence-corrected chi connectivity index (χ4v) is 4.83. The number of hydrogen-bond donors (Lipinski definition) is 3. The summed E-state index contributed by atoms with van der Waals surface area (Å²) in [4.78, 5) is 64.1. The normalized spacial score (nSPS) is 16.6. The van der Waals surface area contributed by atoms with E-state index in [4.69, 9.17) is 19.9 Å². The van der Waals surface area contributed by atoms with Crippen LogP contribution in [0.15, 0.2) is 57.7 Å². The fourth-order valence-electron chi connectivity index (χ4n) is 4.83. The van der Waals surface area contributed by atoms with Gasteiger partial charge in [0, 0.05) is 24.6 Å². The molecule has 2 amide bonds. The van der Waals surface area contributed by atoms with Crippen LogP contribution in [0.3, 0.4) is 0 Å². The van der Waals surface area contributed by atoms with E-state index < -0.39 is 41.3 Å². The minimum atomic E-state index is -0.932. The molecule has 12 nitrogen and oxygen atoms in total. The number of dihydropyridines is 1. The maximum atomic E-state index is 13.3. The first-order valence-electron chi connectivity index (χ1n) is 12.5. The minimum absolute atomic E-state index is 0.00478. The van der Waals surface area contributed by atoms with E-state index >= 15 is 0 Å². The molecule has 0 radical (unpaired) electrons. The number of rotatable bonds is 8. The van der Waals surface area contributed by atoms with Crippen LogP contribution in [0.4, 0.5) is 5.82 Å². The number of aromatic nitrogens is 1. The second kappa shape index (κ2) is 11.2. The summed E-state index contributed by atoms with van der Waals surface area (Å²) >= 11 is 0. The lowest BCUT2D eigenvalue weighted by Gasteiger charge is -2.31. The van der Waals surface area contributed by atoms with Crippen molar-refractivity contribution in [1.29, 1.82) is 0 Å². The number of nitrogen functional groups attached to an aromatic ring is 1. The van der Waals surface area contributed by atoms with Gasteiger partial charge in [-0.1, -0.05) is 12.1 Å². The first kappa shape index (κ1) is 28.3. The molecule has 1 aromatic heterocycles. The third-order valence-corrected chi connectivity index (χ3v) is 6.48. The van der Waals surface area contributed by atoms with Crippen molar-refractivity contribution in [2.24, 2.45) is 0 Å². The fraction of sp³-hybridized carbons (Fsp3) is 0.321. The smallest absolute Gasteiger partial charge is 0.337 e. The molecule has 3 heterocycles. The topological polar surface area (TPSA) is 168 Å². The van der Waals surface area contributed by atoms with Crippen LogP contribution in [0, 0.1) is 0 Å². The quantitative estimate of drug-likeness (QED) is 0.250. The highest BCUT2D eigenvalue weighted by atomic mass is 16.6. The van der Waals surface area contributed by atoms with Gasteiger partial charge >= 0.3 is 11.9 Å². The number of ether oxygens (including phenoxy) is 3. The number of imide groups is 1. The van der Waals surface area contributed by atoms with E-state index in [1.54, 1.807) is 52.0 Å². The number of esters is 2. The molecule has 1 atom stereocenters. The molecule has 0 aliphatic carbocycles. The van der Waals surface area contributed by atoms with E-state index in [2.05, 4.69) is 10.6 Å². The Morgan fingerprint density at radius 3 is 2.30 bits per heavy atom. The van der Waals surface area contributed by atoms with Gasteiger partial charge < -0.3 is 25.3 Å². The number of carbonyl (C=O) groups excluding carboxylic acids is 4. The van der Waals surface area contributed by atoms with Crippen molar-refractivity contribution in [2.45, 2.75) is 39.7 Å². The van der Waals surface area contributed by atoms with Crippen LogP contribution >= 0.6 is 0 Å². The molecule has 0 saturated carbocycles. The van der Waals surface area contributed by atoms with Gasteiger partial charge in [-0.05, 0) is 45.4 Å². The molecule has 2 aromatic rings. The van der Waals surface area contributed by atoms with Crippen LogP contribution in [0.2, 0.25) is 0 Å². The van der Waals surface area contributed by atoms with Crippen LogP contribution in [-0.2, 0) is 23.8 Å². The van der Waals surface area contributed by atoms with Gasteiger partial charge in [0.2, 0.25) is 0 Å². The molecule has 0 fully saturated rings. The monoisotopic (exact) mass is 550 g/mol. The van der Waals surface area contributed by atoms with Crippen molar-refractivity contribution in [2.75, 3.05) is 26.1 Å². The number of allylic oxidation sites excluding steroid dienone is 2. The average molecular weight is 551 g/mol. The van der Waals surface area contributed by atoms with Crippen molar-refractivity contribution in [1.82, 2.24) is 15.2 Å². The highest BCUT2D eigenvalue weighted by molar-refractivity contribution is 6.23. The van der Waals surface area contributed by atoms with Crippen LogP contribution < -0.4 is 21.9 Å². The number of carbonyl (C=O) groups is 4. The molecular formula is C28H30N4O8. The molecule has 2 aliphatic rings. The Balaban J connectivity index is 1.89. The van der Waals surface area contributed by atoms with Gasteiger partial charge in [-0.2, -0.15) is 0 Å². The highest BCUT2D eigenvalue weighted by Crippen LogP contribution is 2.40. The molecule has 210 valence electrons. The maximum Gasteiger partial charge on any atom is 0.337 e. The Labute approximate surface area is 229 Å². The van der Waals surface area contributed by atoms with Crippen molar-refractivity contribution in [3.8, 4) is 5.69 Å². The molecule has 0 bridgehead atoms. The lowest BCUT2D eigenvalue weighted by atomic mass is 9.80. The van der Waals surface area contributed by atoms with Gasteiger partial charge in [-0.3, -0.25) is 24.3 Å². The van der Waals surface area contributed by atoms with E-state index in [0.29, 0.717) is 17.0 Å². The number of nitrogens with one attached hydrogen (secondary N) is 2. The summed E-state index contributed by atoms with van der Waals surface area (Å²) in [5, 5.41) is 5.21. The van der Waals surface area contributed by atoms with E-state index in [0.717, 1.165) is 10.6 Å². The number of anilines is 1. The molecule has 4 N–H and O–H groups in total. The number of hydrogen-bond acceptors (Lipinski definition) is 10. The molecule has 1 unspecified atom stereocenters. The van der Waals surface area contributed by atoms with Gasteiger partial charge in [-0.15, -0.1) is 0 Å². The Morgan fingerprint density at radius 1 is 0.975 bits per heavy atom. The first-order valence-corrected chi connectivity index (χ1v) is 12.5. The van der Waals surface area contributed by atoms with Crippen molar-refractivity contribution < 1.29 is 33.4 Å². The third-order valence-electron chi connectivity index (χ3n) is 6.48. The minimum Gasteiger partial charge on any atom is -0.460 e. The molecule has 2 aliphatic heterocycles.